The second-order valence-corrected chi connectivity index (χ2v) is 6.33. The molecule has 2 rings (SSSR count). The average Bonchev–Trinajstić information content (AvgIpc) is 2.50. The number of hydrogen-bond donors (Lipinski definition) is 1. The summed E-state index contributed by atoms with van der Waals surface area (Å²) in [4.78, 5) is 7.55. The van der Waals surface area contributed by atoms with Crippen molar-refractivity contribution in [2.75, 3.05) is 18.9 Å². The lowest BCUT2D eigenvalue weighted by atomic mass is 10.3. The van der Waals surface area contributed by atoms with E-state index in [1.165, 1.54) is 32.4 Å². The molecule has 0 atom stereocenters. The molecule has 1 aromatic heterocycles. The van der Waals surface area contributed by atoms with Crippen molar-refractivity contribution in [2.45, 2.75) is 5.16 Å². The molecule has 2 aromatic rings. The van der Waals surface area contributed by atoms with E-state index < -0.39 is 15.2 Å². The normalized spacial score (nSPS) is 11.1. The third-order valence-electron chi connectivity index (χ3n) is 2.52. The van der Waals surface area contributed by atoms with Crippen molar-refractivity contribution in [3.05, 3.63) is 34.3 Å². The second-order valence-electron chi connectivity index (χ2n) is 3.94. The van der Waals surface area contributed by atoms with Crippen LogP contribution in [0.4, 0.5) is 5.69 Å². The molecule has 0 radical (unpaired) electrons. The molecule has 0 unspecified atom stereocenters. The predicted molar refractivity (Wildman–Crippen MR) is 82.4 cm³/mol. The molecule has 0 aliphatic rings. The first-order chi connectivity index (χ1) is 10.4. The van der Waals surface area contributed by atoms with E-state index in [4.69, 9.17) is 32.7 Å². The number of ether oxygens (including phenoxy) is 2. The molecule has 0 saturated carbocycles. The number of sulfonamides is 1. The summed E-state index contributed by atoms with van der Waals surface area (Å²) in [7, 11) is -1.44. The standard InChI is InChI=1S/C12H11Cl2N3O4S/c1-20-9-6-10(21-2)16-12(15-9)22(18,19)17-11-7(13)4-3-5-8(11)14/h3-6,17H,1-2H3. The van der Waals surface area contributed by atoms with Gasteiger partial charge in [-0.25, -0.2) is 0 Å². The molecule has 1 N–H and O–H groups in total. The number of aromatic nitrogens is 2. The molecule has 0 fully saturated rings. The lowest BCUT2D eigenvalue weighted by molar-refractivity contribution is 0.363. The fraction of sp³-hybridized carbons (Fsp3) is 0.167. The zero-order valence-corrected chi connectivity index (χ0v) is 13.8. The van der Waals surface area contributed by atoms with Gasteiger partial charge in [0.1, 0.15) is 0 Å². The van der Waals surface area contributed by atoms with Gasteiger partial charge in [0.25, 0.3) is 15.2 Å². The number of halogens is 2. The number of anilines is 1. The van der Waals surface area contributed by atoms with E-state index >= 15 is 0 Å². The highest BCUT2D eigenvalue weighted by Crippen LogP contribution is 2.31. The largest absolute Gasteiger partial charge is 0.481 e. The minimum absolute atomic E-state index is 0.0382. The molecule has 10 heteroatoms. The highest BCUT2D eigenvalue weighted by Gasteiger charge is 2.23. The van der Waals surface area contributed by atoms with Crippen molar-refractivity contribution in [3.63, 3.8) is 0 Å². The van der Waals surface area contributed by atoms with Gasteiger partial charge in [-0.1, -0.05) is 29.3 Å². The zero-order valence-electron chi connectivity index (χ0n) is 11.5. The van der Waals surface area contributed by atoms with Gasteiger partial charge in [0.2, 0.25) is 11.8 Å². The maximum atomic E-state index is 12.4. The van der Waals surface area contributed by atoms with E-state index in [0.717, 1.165) is 0 Å². The molecule has 0 bridgehead atoms. The van der Waals surface area contributed by atoms with Crippen molar-refractivity contribution in [3.8, 4) is 11.8 Å². The van der Waals surface area contributed by atoms with E-state index in [2.05, 4.69) is 14.7 Å². The molecule has 22 heavy (non-hydrogen) atoms. The molecule has 0 aliphatic heterocycles. The molecule has 0 spiro atoms. The first-order valence-electron chi connectivity index (χ1n) is 5.81. The predicted octanol–water partition coefficient (Wildman–Crippen LogP) is 2.60. The monoisotopic (exact) mass is 363 g/mol. The lowest BCUT2D eigenvalue weighted by Gasteiger charge is -2.11. The van der Waals surface area contributed by atoms with Crippen LogP contribution in [-0.4, -0.2) is 32.6 Å². The minimum Gasteiger partial charge on any atom is -0.481 e. The number of methoxy groups -OCH3 is 2. The summed E-state index contributed by atoms with van der Waals surface area (Å²) in [6.45, 7) is 0. The number of benzene rings is 1. The van der Waals surface area contributed by atoms with Crippen LogP contribution < -0.4 is 14.2 Å². The van der Waals surface area contributed by atoms with Gasteiger partial charge in [-0.3, -0.25) is 4.72 Å². The SMILES string of the molecule is COc1cc(OC)nc(S(=O)(=O)Nc2c(Cl)cccc2Cl)n1. The van der Waals surface area contributed by atoms with Crippen LogP contribution in [0.15, 0.2) is 29.4 Å². The van der Waals surface area contributed by atoms with E-state index in [9.17, 15) is 8.42 Å². The Morgan fingerprint density at radius 1 is 1.05 bits per heavy atom. The molecule has 1 heterocycles. The molecule has 0 saturated heterocycles. The van der Waals surface area contributed by atoms with Crippen LogP contribution in [0, 0.1) is 0 Å². The number of rotatable bonds is 5. The van der Waals surface area contributed by atoms with Gasteiger partial charge in [-0.2, -0.15) is 18.4 Å². The Hall–Kier alpha value is -1.77. The number of para-hydroxylation sites is 1. The highest BCUT2D eigenvalue weighted by atomic mass is 35.5. The Morgan fingerprint density at radius 3 is 2.00 bits per heavy atom. The first kappa shape index (κ1) is 16.6. The number of nitrogens with zero attached hydrogens (tertiary/aromatic N) is 2. The fourth-order valence-electron chi connectivity index (χ4n) is 1.49. The summed E-state index contributed by atoms with van der Waals surface area (Å²) in [5.41, 5.74) is 0.0382. The topological polar surface area (TPSA) is 90.4 Å². The van der Waals surface area contributed by atoms with E-state index in [1.807, 2.05) is 0 Å². The Balaban J connectivity index is 2.47. The molecule has 0 amide bonds. The molecule has 7 nitrogen and oxygen atoms in total. The summed E-state index contributed by atoms with van der Waals surface area (Å²) in [5.74, 6) is 0.0787. The zero-order chi connectivity index (χ0) is 16.3. The summed E-state index contributed by atoms with van der Waals surface area (Å²) in [6.07, 6.45) is 0. The van der Waals surface area contributed by atoms with Gasteiger partial charge < -0.3 is 9.47 Å². The molecular weight excluding hydrogens is 353 g/mol. The first-order valence-corrected chi connectivity index (χ1v) is 8.05. The summed E-state index contributed by atoms with van der Waals surface area (Å²) >= 11 is 11.9. The Morgan fingerprint density at radius 2 is 1.55 bits per heavy atom. The maximum absolute atomic E-state index is 12.4. The molecule has 118 valence electrons. The second kappa shape index (κ2) is 6.55. The van der Waals surface area contributed by atoms with Crippen LogP contribution in [0.5, 0.6) is 11.8 Å². The van der Waals surface area contributed by atoms with Gasteiger partial charge in [0.15, 0.2) is 0 Å². The third-order valence-corrected chi connectivity index (χ3v) is 4.28. The van der Waals surface area contributed by atoms with Crippen LogP contribution in [0.2, 0.25) is 10.0 Å². The lowest BCUT2D eigenvalue weighted by Crippen LogP contribution is -2.17. The smallest absolute Gasteiger partial charge is 0.298 e. The van der Waals surface area contributed by atoms with Crippen LogP contribution in [0.3, 0.4) is 0 Å². The fourth-order valence-corrected chi connectivity index (χ4v) is 3.09. The van der Waals surface area contributed by atoms with Gasteiger partial charge in [-0.05, 0) is 12.1 Å². The van der Waals surface area contributed by atoms with Crippen molar-refractivity contribution in [1.29, 1.82) is 0 Å². The van der Waals surface area contributed by atoms with Crippen molar-refractivity contribution >= 4 is 38.9 Å². The summed E-state index contributed by atoms with van der Waals surface area (Å²) in [6, 6.07) is 5.94. The summed E-state index contributed by atoms with van der Waals surface area (Å²) in [5, 5.41) is -0.239. The quantitative estimate of drug-likeness (QED) is 0.821. The molecule has 1 aromatic carbocycles. The van der Waals surface area contributed by atoms with Crippen LogP contribution in [-0.2, 0) is 10.0 Å². The average molecular weight is 364 g/mol. The molecular formula is C12H11Cl2N3O4S. The van der Waals surface area contributed by atoms with Crippen molar-refractivity contribution < 1.29 is 17.9 Å². The van der Waals surface area contributed by atoms with Gasteiger partial charge >= 0.3 is 0 Å². The number of nitrogens with one attached hydrogen (secondary N) is 1. The van der Waals surface area contributed by atoms with E-state index in [-0.39, 0.29) is 27.5 Å². The Labute approximate surface area is 137 Å². The van der Waals surface area contributed by atoms with Crippen LogP contribution in [0.1, 0.15) is 0 Å². The van der Waals surface area contributed by atoms with Gasteiger partial charge in [-0.15, -0.1) is 0 Å². The Bertz CT molecular complexity index is 756. The third kappa shape index (κ3) is 3.52. The highest BCUT2D eigenvalue weighted by molar-refractivity contribution is 7.92. The van der Waals surface area contributed by atoms with Gasteiger partial charge in [0, 0.05) is 0 Å². The van der Waals surface area contributed by atoms with Gasteiger partial charge in [0.05, 0.1) is 36.0 Å². The van der Waals surface area contributed by atoms with E-state index in [1.54, 1.807) is 6.07 Å². The Kier molecular flexibility index (Phi) is 4.94. The minimum atomic E-state index is -4.12. The molecule has 0 aliphatic carbocycles. The van der Waals surface area contributed by atoms with Crippen molar-refractivity contribution in [2.24, 2.45) is 0 Å². The van der Waals surface area contributed by atoms with Crippen molar-refractivity contribution in [1.82, 2.24) is 9.97 Å². The van der Waals surface area contributed by atoms with Crippen LogP contribution >= 0.6 is 23.2 Å². The van der Waals surface area contributed by atoms with Crippen LogP contribution in [0.25, 0.3) is 0 Å². The maximum Gasteiger partial charge on any atom is 0.298 e. The summed E-state index contributed by atoms with van der Waals surface area (Å²) < 4.78 is 36.8. The number of hydrogen-bond acceptors (Lipinski definition) is 6. The van der Waals surface area contributed by atoms with E-state index in [0.29, 0.717) is 0 Å².